The largest absolute Gasteiger partial charge is 0.288 e. The number of rotatable bonds is 0. The normalized spacial score (nSPS) is 13.6. The van der Waals surface area contributed by atoms with Gasteiger partial charge < -0.3 is 0 Å². The standard InChI is InChI=1S/C9H10N2/c1-6-3-11-7(2)9-5-10-4-8(6)9/h3-4H,5H2,1-2H3. The second-order valence-electron chi connectivity index (χ2n) is 2.89. The SMILES string of the molecule is Cc1cnc(C)c2c1C=NC2. The van der Waals surface area contributed by atoms with Crippen LogP contribution >= 0.6 is 0 Å². The van der Waals surface area contributed by atoms with Crippen LogP contribution in [0.1, 0.15) is 22.4 Å². The van der Waals surface area contributed by atoms with Crippen molar-refractivity contribution in [3.63, 3.8) is 0 Å². The van der Waals surface area contributed by atoms with Gasteiger partial charge in [0.1, 0.15) is 0 Å². The zero-order valence-electron chi connectivity index (χ0n) is 6.76. The number of hydrogen-bond acceptors (Lipinski definition) is 2. The van der Waals surface area contributed by atoms with E-state index < -0.39 is 0 Å². The van der Waals surface area contributed by atoms with Crippen molar-refractivity contribution in [3.8, 4) is 0 Å². The Bertz CT molecular complexity index is 327. The highest BCUT2D eigenvalue weighted by molar-refractivity contribution is 5.86. The molecule has 0 bridgehead atoms. The van der Waals surface area contributed by atoms with E-state index >= 15 is 0 Å². The molecule has 2 heterocycles. The zero-order chi connectivity index (χ0) is 7.84. The lowest BCUT2D eigenvalue weighted by Gasteiger charge is -2.03. The Morgan fingerprint density at radius 1 is 1.36 bits per heavy atom. The van der Waals surface area contributed by atoms with E-state index in [-0.39, 0.29) is 0 Å². The molecule has 0 aliphatic carbocycles. The first-order valence-electron chi connectivity index (χ1n) is 3.74. The van der Waals surface area contributed by atoms with Crippen molar-refractivity contribution in [2.24, 2.45) is 4.99 Å². The van der Waals surface area contributed by atoms with E-state index in [4.69, 9.17) is 0 Å². The maximum Gasteiger partial charge on any atom is 0.0664 e. The van der Waals surface area contributed by atoms with Crippen LogP contribution in [0.4, 0.5) is 0 Å². The molecule has 0 saturated carbocycles. The summed E-state index contributed by atoms with van der Waals surface area (Å²) in [7, 11) is 0. The molecule has 2 heteroatoms. The fourth-order valence-electron chi connectivity index (χ4n) is 1.38. The van der Waals surface area contributed by atoms with Crippen molar-refractivity contribution in [3.05, 3.63) is 28.6 Å². The van der Waals surface area contributed by atoms with Gasteiger partial charge in [0.2, 0.25) is 0 Å². The van der Waals surface area contributed by atoms with Gasteiger partial charge in [-0.1, -0.05) is 0 Å². The topological polar surface area (TPSA) is 25.2 Å². The summed E-state index contributed by atoms with van der Waals surface area (Å²) in [6, 6.07) is 0. The fourth-order valence-corrected chi connectivity index (χ4v) is 1.38. The number of aryl methyl sites for hydroxylation is 2. The van der Waals surface area contributed by atoms with Crippen molar-refractivity contribution in [1.29, 1.82) is 0 Å². The molecule has 56 valence electrons. The van der Waals surface area contributed by atoms with Gasteiger partial charge >= 0.3 is 0 Å². The van der Waals surface area contributed by atoms with E-state index in [1.54, 1.807) is 0 Å². The van der Waals surface area contributed by atoms with E-state index in [1.807, 2.05) is 19.3 Å². The van der Waals surface area contributed by atoms with Crippen LogP contribution in [0.2, 0.25) is 0 Å². The van der Waals surface area contributed by atoms with Gasteiger partial charge in [-0.25, -0.2) is 0 Å². The lowest BCUT2D eigenvalue weighted by atomic mass is 10.1. The number of nitrogens with zero attached hydrogens (tertiary/aromatic N) is 2. The van der Waals surface area contributed by atoms with E-state index in [0.717, 1.165) is 12.2 Å². The molecule has 1 aliphatic heterocycles. The lowest BCUT2D eigenvalue weighted by molar-refractivity contribution is 1.03. The summed E-state index contributed by atoms with van der Waals surface area (Å²) in [5.74, 6) is 0. The van der Waals surface area contributed by atoms with Gasteiger partial charge in [0.15, 0.2) is 0 Å². The Balaban J connectivity index is 2.71. The predicted octanol–water partition coefficient (Wildman–Crippen LogP) is 1.63. The second kappa shape index (κ2) is 2.16. The van der Waals surface area contributed by atoms with Gasteiger partial charge in [-0.05, 0) is 19.4 Å². The Labute approximate surface area is 66.0 Å². The van der Waals surface area contributed by atoms with Gasteiger partial charge in [-0.3, -0.25) is 9.98 Å². The summed E-state index contributed by atoms with van der Waals surface area (Å²) in [6.45, 7) is 4.92. The molecule has 1 aliphatic rings. The highest BCUT2D eigenvalue weighted by Gasteiger charge is 2.11. The zero-order valence-corrected chi connectivity index (χ0v) is 6.76. The molecule has 0 saturated heterocycles. The summed E-state index contributed by atoms with van der Waals surface area (Å²) in [5, 5.41) is 0. The molecular formula is C9H10N2. The minimum Gasteiger partial charge on any atom is -0.288 e. The van der Waals surface area contributed by atoms with Crippen LogP contribution < -0.4 is 0 Å². The molecule has 1 aromatic rings. The number of hydrogen-bond donors (Lipinski definition) is 0. The quantitative estimate of drug-likeness (QED) is 0.546. The Morgan fingerprint density at radius 2 is 2.18 bits per heavy atom. The minimum atomic E-state index is 0.815. The molecule has 0 radical (unpaired) electrons. The first-order valence-corrected chi connectivity index (χ1v) is 3.74. The molecule has 0 amide bonds. The highest BCUT2D eigenvalue weighted by Crippen LogP contribution is 2.19. The number of fused-ring (bicyclic) bond motifs is 1. The number of aliphatic imine (C=N–C) groups is 1. The molecule has 2 nitrogen and oxygen atoms in total. The van der Waals surface area contributed by atoms with Gasteiger partial charge in [-0.15, -0.1) is 0 Å². The third-order valence-corrected chi connectivity index (χ3v) is 2.11. The summed E-state index contributed by atoms with van der Waals surface area (Å²) < 4.78 is 0. The van der Waals surface area contributed by atoms with Crippen LogP contribution in [0.5, 0.6) is 0 Å². The molecule has 2 rings (SSSR count). The first kappa shape index (κ1) is 6.53. The molecule has 0 fully saturated rings. The summed E-state index contributed by atoms with van der Waals surface area (Å²) in [5.41, 5.74) is 4.91. The third-order valence-electron chi connectivity index (χ3n) is 2.11. The van der Waals surface area contributed by atoms with Crippen LogP contribution in [-0.4, -0.2) is 11.2 Å². The van der Waals surface area contributed by atoms with Crippen molar-refractivity contribution in [2.75, 3.05) is 0 Å². The van der Waals surface area contributed by atoms with Crippen molar-refractivity contribution in [1.82, 2.24) is 4.98 Å². The molecule has 11 heavy (non-hydrogen) atoms. The fraction of sp³-hybridized carbons (Fsp3) is 0.333. The Hall–Kier alpha value is -1.18. The minimum absolute atomic E-state index is 0.815. The average molecular weight is 146 g/mol. The van der Waals surface area contributed by atoms with E-state index in [9.17, 15) is 0 Å². The molecule has 0 unspecified atom stereocenters. The first-order chi connectivity index (χ1) is 5.29. The van der Waals surface area contributed by atoms with Gasteiger partial charge in [0.25, 0.3) is 0 Å². The average Bonchev–Trinajstić information content (AvgIpc) is 2.45. The van der Waals surface area contributed by atoms with Crippen molar-refractivity contribution in [2.45, 2.75) is 20.4 Å². The van der Waals surface area contributed by atoms with Gasteiger partial charge in [-0.2, -0.15) is 0 Å². The molecule has 0 N–H and O–H groups in total. The maximum absolute atomic E-state index is 4.27. The Morgan fingerprint density at radius 3 is 2.91 bits per heavy atom. The molecule has 0 aromatic carbocycles. The van der Waals surface area contributed by atoms with Gasteiger partial charge in [0, 0.05) is 29.2 Å². The van der Waals surface area contributed by atoms with Crippen LogP contribution in [-0.2, 0) is 6.54 Å². The van der Waals surface area contributed by atoms with E-state index in [1.165, 1.54) is 16.7 Å². The second-order valence-corrected chi connectivity index (χ2v) is 2.89. The van der Waals surface area contributed by atoms with Crippen molar-refractivity contribution < 1.29 is 0 Å². The predicted molar refractivity (Wildman–Crippen MR) is 45.0 cm³/mol. The van der Waals surface area contributed by atoms with Crippen LogP contribution in [0, 0.1) is 13.8 Å². The third kappa shape index (κ3) is 0.862. The molecular weight excluding hydrogens is 136 g/mol. The molecule has 1 aromatic heterocycles. The maximum atomic E-state index is 4.27. The number of pyridine rings is 1. The van der Waals surface area contributed by atoms with Crippen molar-refractivity contribution >= 4 is 6.21 Å². The summed E-state index contributed by atoms with van der Waals surface area (Å²) in [6.07, 6.45) is 3.85. The smallest absolute Gasteiger partial charge is 0.0664 e. The lowest BCUT2D eigenvalue weighted by Crippen LogP contribution is -1.95. The van der Waals surface area contributed by atoms with E-state index in [0.29, 0.717) is 0 Å². The molecule has 0 spiro atoms. The number of aromatic nitrogens is 1. The highest BCUT2D eigenvalue weighted by atomic mass is 14.8. The summed E-state index contributed by atoms with van der Waals surface area (Å²) >= 11 is 0. The summed E-state index contributed by atoms with van der Waals surface area (Å²) in [4.78, 5) is 8.48. The monoisotopic (exact) mass is 146 g/mol. The van der Waals surface area contributed by atoms with Gasteiger partial charge in [0.05, 0.1) is 6.54 Å². The van der Waals surface area contributed by atoms with Crippen LogP contribution in [0.15, 0.2) is 11.2 Å². The van der Waals surface area contributed by atoms with E-state index in [2.05, 4.69) is 16.9 Å². The van der Waals surface area contributed by atoms with Crippen LogP contribution in [0.25, 0.3) is 0 Å². The Kier molecular flexibility index (Phi) is 1.28. The van der Waals surface area contributed by atoms with Crippen LogP contribution in [0.3, 0.4) is 0 Å². The molecule has 0 atom stereocenters.